The second-order valence-corrected chi connectivity index (χ2v) is 4.96. The van der Waals surface area contributed by atoms with Crippen LogP contribution < -0.4 is 5.32 Å². The van der Waals surface area contributed by atoms with Gasteiger partial charge >= 0.3 is 0 Å². The van der Waals surface area contributed by atoms with Crippen LogP contribution in [0, 0.1) is 0 Å². The van der Waals surface area contributed by atoms with Gasteiger partial charge in [0.2, 0.25) is 5.95 Å². The number of nitrogens with one attached hydrogen (secondary N) is 1. The molecule has 1 aromatic heterocycles. The summed E-state index contributed by atoms with van der Waals surface area (Å²) in [5, 5.41) is 3.50. The van der Waals surface area contributed by atoms with Gasteiger partial charge in [-0.15, -0.1) is 11.6 Å². The zero-order valence-electron chi connectivity index (χ0n) is 9.60. The fraction of sp³-hybridized carbons (Fsp3) is 0.308. The summed E-state index contributed by atoms with van der Waals surface area (Å²) in [6.45, 7) is 0. The summed E-state index contributed by atoms with van der Waals surface area (Å²) in [6, 6.07) is 8.55. The lowest BCUT2D eigenvalue weighted by Crippen LogP contribution is -2.18. The van der Waals surface area contributed by atoms with Crippen molar-refractivity contribution in [3.05, 3.63) is 47.8 Å². The summed E-state index contributed by atoms with van der Waals surface area (Å²) < 4.78 is 1.96. The molecule has 1 aliphatic rings. The van der Waals surface area contributed by atoms with Crippen LogP contribution >= 0.6 is 11.6 Å². The normalized spacial score (nSPS) is 22.5. The minimum absolute atomic E-state index is 0.0871. The molecule has 3 nitrogen and oxygen atoms in total. The monoisotopic (exact) mass is 247 g/mol. The van der Waals surface area contributed by atoms with Crippen molar-refractivity contribution in [3.8, 4) is 0 Å². The van der Waals surface area contributed by atoms with Crippen molar-refractivity contribution in [1.29, 1.82) is 0 Å². The van der Waals surface area contributed by atoms with Crippen LogP contribution in [-0.4, -0.2) is 14.9 Å². The molecule has 0 amide bonds. The van der Waals surface area contributed by atoms with Crippen LogP contribution in [0.5, 0.6) is 0 Å². The quantitative estimate of drug-likeness (QED) is 0.827. The SMILES string of the molecule is Cn1ccnc1NC1c2ccccc2CC1Cl. The highest BCUT2D eigenvalue weighted by Gasteiger charge is 2.31. The van der Waals surface area contributed by atoms with Gasteiger partial charge < -0.3 is 9.88 Å². The van der Waals surface area contributed by atoms with Gasteiger partial charge in [0.25, 0.3) is 0 Å². The van der Waals surface area contributed by atoms with Gasteiger partial charge in [0.1, 0.15) is 0 Å². The van der Waals surface area contributed by atoms with Gasteiger partial charge in [-0.25, -0.2) is 4.98 Å². The Labute approximate surface area is 105 Å². The smallest absolute Gasteiger partial charge is 0.203 e. The topological polar surface area (TPSA) is 29.9 Å². The minimum Gasteiger partial charge on any atom is -0.347 e. The largest absolute Gasteiger partial charge is 0.347 e. The first-order valence-electron chi connectivity index (χ1n) is 5.71. The maximum absolute atomic E-state index is 6.41. The van der Waals surface area contributed by atoms with Crippen molar-refractivity contribution in [2.75, 3.05) is 5.32 Å². The van der Waals surface area contributed by atoms with Crippen LogP contribution in [0.3, 0.4) is 0 Å². The first-order chi connectivity index (χ1) is 8.25. The first kappa shape index (κ1) is 10.7. The molecule has 2 atom stereocenters. The number of rotatable bonds is 2. The van der Waals surface area contributed by atoms with Crippen LogP contribution in [0.2, 0.25) is 0 Å². The van der Waals surface area contributed by atoms with Gasteiger partial charge in [0, 0.05) is 19.4 Å². The molecule has 0 spiro atoms. The lowest BCUT2D eigenvalue weighted by molar-refractivity contribution is 0.747. The van der Waals surface area contributed by atoms with Crippen molar-refractivity contribution in [2.24, 2.45) is 7.05 Å². The Morgan fingerprint density at radius 3 is 3.00 bits per heavy atom. The molecule has 2 aromatic rings. The molecule has 0 aliphatic heterocycles. The Kier molecular flexibility index (Phi) is 2.56. The molecule has 88 valence electrons. The second kappa shape index (κ2) is 4.08. The highest BCUT2D eigenvalue weighted by Crippen LogP contribution is 2.36. The molecule has 1 heterocycles. The summed E-state index contributed by atoms with van der Waals surface area (Å²) in [7, 11) is 1.97. The molecular formula is C13H14ClN3. The third-order valence-corrected chi connectivity index (χ3v) is 3.68. The van der Waals surface area contributed by atoms with Crippen LogP contribution in [0.4, 0.5) is 5.95 Å². The maximum atomic E-state index is 6.41. The van der Waals surface area contributed by atoms with Gasteiger partial charge in [-0.3, -0.25) is 0 Å². The van der Waals surface area contributed by atoms with Crippen LogP contribution in [-0.2, 0) is 13.5 Å². The van der Waals surface area contributed by atoms with Crippen LogP contribution in [0.15, 0.2) is 36.7 Å². The number of nitrogens with zero attached hydrogens (tertiary/aromatic N) is 2. The molecule has 0 saturated carbocycles. The molecule has 0 radical (unpaired) electrons. The van der Waals surface area contributed by atoms with Gasteiger partial charge in [-0.05, 0) is 17.5 Å². The Hall–Kier alpha value is -1.48. The number of fused-ring (bicyclic) bond motifs is 1. The number of hydrogen-bond acceptors (Lipinski definition) is 2. The molecule has 0 bridgehead atoms. The predicted molar refractivity (Wildman–Crippen MR) is 69.4 cm³/mol. The molecule has 1 N–H and O–H groups in total. The standard InChI is InChI=1S/C13H14ClN3/c1-17-7-6-15-13(17)16-12-10-5-3-2-4-9(10)8-11(12)14/h2-7,11-12H,8H2,1H3,(H,15,16). The average Bonchev–Trinajstić information content (AvgIpc) is 2.85. The average molecular weight is 248 g/mol. The first-order valence-corrected chi connectivity index (χ1v) is 6.15. The number of halogens is 1. The number of aromatic nitrogens is 2. The third-order valence-electron chi connectivity index (χ3n) is 3.27. The Morgan fingerprint density at radius 1 is 1.41 bits per heavy atom. The van der Waals surface area contributed by atoms with Crippen LogP contribution in [0.25, 0.3) is 0 Å². The molecule has 17 heavy (non-hydrogen) atoms. The van der Waals surface area contributed by atoms with Gasteiger partial charge in [0.15, 0.2) is 0 Å². The molecular weight excluding hydrogens is 234 g/mol. The predicted octanol–water partition coefficient (Wildman–Crippen LogP) is 2.74. The van der Waals surface area contributed by atoms with Crippen molar-refractivity contribution in [3.63, 3.8) is 0 Å². The lowest BCUT2D eigenvalue weighted by atomic mass is 10.1. The van der Waals surface area contributed by atoms with Crippen molar-refractivity contribution >= 4 is 17.5 Å². The van der Waals surface area contributed by atoms with Gasteiger partial charge in [0.05, 0.1) is 11.4 Å². The molecule has 0 saturated heterocycles. The van der Waals surface area contributed by atoms with Gasteiger partial charge in [-0.1, -0.05) is 24.3 Å². The number of benzene rings is 1. The summed E-state index contributed by atoms with van der Waals surface area (Å²) in [6.07, 6.45) is 4.62. The Bertz CT molecular complexity index is 535. The lowest BCUT2D eigenvalue weighted by Gasteiger charge is -2.18. The number of aryl methyl sites for hydroxylation is 1. The van der Waals surface area contributed by atoms with E-state index in [0.29, 0.717) is 0 Å². The van der Waals surface area contributed by atoms with E-state index in [9.17, 15) is 0 Å². The number of alkyl halides is 1. The highest BCUT2D eigenvalue weighted by molar-refractivity contribution is 6.21. The van der Waals surface area contributed by atoms with E-state index >= 15 is 0 Å². The second-order valence-electron chi connectivity index (χ2n) is 4.40. The molecule has 3 rings (SSSR count). The van der Waals surface area contributed by atoms with E-state index in [4.69, 9.17) is 11.6 Å². The number of hydrogen-bond donors (Lipinski definition) is 1. The van der Waals surface area contributed by atoms with Crippen molar-refractivity contribution in [2.45, 2.75) is 17.8 Å². The molecule has 1 aromatic carbocycles. The van der Waals surface area contributed by atoms with E-state index in [1.807, 2.05) is 17.8 Å². The molecule has 2 unspecified atom stereocenters. The fourth-order valence-corrected chi connectivity index (χ4v) is 2.72. The summed E-state index contributed by atoms with van der Waals surface area (Å²) in [5.74, 6) is 0.859. The summed E-state index contributed by atoms with van der Waals surface area (Å²) >= 11 is 6.41. The zero-order chi connectivity index (χ0) is 11.8. The van der Waals surface area contributed by atoms with Crippen LogP contribution in [0.1, 0.15) is 17.2 Å². The maximum Gasteiger partial charge on any atom is 0.203 e. The Balaban J connectivity index is 1.91. The number of anilines is 1. The van der Waals surface area contributed by atoms with E-state index in [2.05, 4.69) is 34.6 Å². The minimum atomic E-state index is 0.0871. The highest BCUT2D eigenvalue weighted by atomic mass is 35.5. The van der Waals surface area contributed by atoms with E-state index in [0.717, 1.165) is 12.4 Å². The van der Waals surface area contributed by atoms with Gasteiger partial charge in [-0.2, -0.15) is 0 Å². The summed E-state index contributed by atoms with van der Waals surface area (Å²) in [5.41, 5.74) is 2.62. The van der Waals surface area contributed by atoms with Crippen molar-refractivity contribution < 1.29 is 0 Å². The van der Waals surface area contributed by atoms with E-state index in [-0.39, 0.29) is 11.4 Å². The zero-order valence-corrected chi connectivity index (χ0v) is 10.4. The third kappa shape index (κ3) is 1.80. The number of imidazole rings is 1. The van der Waals surface area contributed by atoms with E-state index in [1.54, 1.807) is 6.20 Å². The van der Waals surface area contributed by atoms with E-state index in [1.165, 1.54) is 11.1 Å². The summed E-state index contributed by atoms with van der Waals surface area (Å²) in [4.78, 5) is 4.28. The molecule has 1 aliphatic carbocycles. The molecule has 0 fully saturated rings. The van der Waals surface area contributed by atoms with Crippen molar-refractivity contribution in [1.82, 2.24) is 9.55 Å². The molecule has 4 heteroatoms. The Morgan fingerprint density at radius 2 is 2.24 bits per heavy atom. The fourth-order valence-electron chi connectivity index (χ4n) is 2.36. The van der Waals surface area contributed by atoms with E-state index < -0.39 is 0 Å².